The molecule has 1 fully saturated rings. The van der Waals surface area contributed by atoms with Crippen LogP contribution in [0.1, 0.15) is 61.6 Å². The van der Waals surface area contributed by atoms with Crippen LogP contribution in [0.25, 0.3) is 10.9 Å². The maximum Gasteiger partial charge on any atom is 0.312 e. The molecule has 0 aliphatic carbocycles. The van der Waals surface area contributed by atoms with Crippen molar-refractivity contribution in [2.24, 2.45) is 5.73 Å². The number of nitrogens with two attached hydrogens (primary N) is 1. The number of aryl methyl sites for hydroxylation is 1. The monoisotopic (exact) mass is 780 g/mol. The van der Waals surface area contributed by atoms with E-state index < -0.39 is 78.0 Å². The van der Waals surface area contributed by atoms with Crippen molar-refractivity contribution in [3.63, 3.8) is 0 Å². The van der Waals surface area contributed by atoms with E-state index >= 15 is 0 Å². The molecular formula is C38H49ClN8O8. The number of piperidine rings is 1. The first-order chi connectivity index (χ1) is 26.4. The van der Waals surface area contributed by atoms with Crippen LogP contribution in [0.15, 0.2) is 54.7 Å². The fourth-order valence-corrected chi connectivity index (χ4v) is 6.58. The lowest BCUT2D eigenvalue weighted by Crippen LogP contribution is -2.60. The van der Waals surface area contributed by atoms with Gasteiger partial charge in [-0.05, 0) is 62.6 Å². The number of urea groups is 1. The lowest BCUT2D eigenvalue weighted by atomic mass is 9.97. The Balaban J connectivity index is 1.58. The summed E-state index contributed by atoms with van der Waals surface area (Å²) in [5.74, 6) is -4.66. The number of para-hydroxylation sites is 1. The summed E-state index contributed by atoms with van der Waals surface area (Å²) in [7, 11) is 0. The van der Waals surface area contributed by atoms with E-state index in [-0.39, 0.29) is 45.3 Å². The Hall–Kier alpha value is -5.64. The Labute approximate surface area is 323 Å². The second-order valence-electron chi connectivity index (χ2n) is 13.6. The minimum Gasteiger partial charge on any atom is -0.481 e. The van der Waals surface area contributed by atoms with Crippen molar-refractivity contribution < 1.29 is 38.7 Å². The van der Waals surface area contributed by atoms with Crippen LogP contribution in [-0.4, -0.2) is 99.7 Å². The molecule has 0 spiro atoms. The molecule has 4 atom stereocenters. The van der Waals surface area contributed by atoms with Gasteiger partial charge < -0.3 is 47.3 Å². The van der Waals surface area contributed by atoms with Gasteiger partial charge in [-0.15, -0.1) is 11.6 Å². The molecule has 1 saturated heterocycles. The van der Waals surface area contributed by atoms with Crippen LogP contribution >= 0.6 is 11.6 Å². The lowest BCUT2D eigenvalue weighted by molar-refractivity contribution is -0.146. The number of benzene rings is 2. The predicted molar refractivity (Wildman–Crippen MR) is 205 cm³/mol. The zero-order valence-corrected chi connectivity index (χ0v) is 31.5. The fraction of sp³-hybridized carbons (Fsp3) is 0.447. The second kappa shape index (κ2) is 20.7. The quantitative estimate of drug-likeness (QED) is 0.0656. The van der Waals surface area contributed by atoms with Gasteiger partial charge in [0.1, 0.15) is 30.0 Å². The van der Waals surface area contributed by atoms with Crippen molar-refractivity contribution in [1.82, 2.24) is 36.5 Å². The minimum atomic E-state index is -1.23. The molecule has 1 aromatic heterocycles. The molecule has 4 rings (SSSR count). The second-order valence-corrected chi connectivity index (χ2v) is 13.8. The first kappa shape index (κ1) is 42.1. The molecule has 55 heavy (non-hydrogen) atoms. The standard InChI is InChI=1S/C38H49ClN8O8/c1-23-11-13-24(14-12-23)21-43-34(51)28(9-6-17-41-38(40)55)45-35(52)30(19-25-22-42-27-8-3-2-7-26(25)27)46-36(53)31-10-4-5-18-47(31)37(54)29(15-16-33(49)50)44-32(48)20-39/h2-3,7-8,11-14,22,28-31,42H,4-6,9-10,15-21H2,1H3,(H,43,51)(H,44,48)(H,45,52)(H,46,53)(H,49,50)(H3,40,41,55)/t28-,29+,30-,31-/m0/s1. The molecule has 0 saturated carbocycles. The van der Waals surface area contributed by atoms with Crippen molar-refractivity contribution in [2.45, 2.75) is 89.0 Å². The molecule has 17 heteroatoms. The third-order valence-corrected chi connectivity index (χ3v) is 9.65. The maximum absolute atomic E-state index is 14.2. The van der Waals surface area contributed by atoms with E-state index in [1.165, 1.54) is 4.90 Å². The zero-order chi connectivity index (χ0) is 39.9. The summed E-state index contributed by atoms with van der Waals surface area (Å²) in [6, 6.07) is 9.79. The lowest BCUT2D eigenvalue weighted by Gasteiger charge is -2.37. The van der Waals surface area contributed by atoms with Crippen LogP contribution in [-0.2, 0) is 41.7 Å². The van der Waals surface area contributed by atoms with Gasteiger partial charge in [0.2, 0.25) is 29.5 Å². The van der Waals surface area contributed by atoms with E-state index in [0.29, 0.717) is 19.3 Å². The van der Waals surface area contributed by atoms with Crippen LogP contribution in [0.2, 0.25) is 0 Å². The summed E-state index contributed by atoms with van der Waals surface area (Å²) >= 11 is 5.66. The molecule has 7 amide bonds. The Morgan fingerprint density at radius 3 is 2.36 bits per heavy atom. The number of nitrogens with zero attached hydrogens (tertiary/aromatic N) is 1. The highest BCUT2D eigenvalue weighted by Crippen LogP contribution is 2.22. The summed E-state index contributed by atoms with van der Waals surface area (Å²) in [5, 5.41) is 23.6. The molecule has 2 heterocycles. The van der Waals surface area contributed by atoms with Gasteiger partial charge in [0.05, 0.1) is 0 Å². The first-order valence-electron chi connectivity index (χ1n) is 18.3. The average molecular weight is 781 g/mol. The van der Waals surface area contributed by atoms with Gasteiger partial charge in [-0.2, -0.15) is 0 Å². The number of halogens is 1. The van der Waals surface area contributed by atoms with E-state index in [9.17, 15) is 38.7 Å². The van der Waals surface area contributed by atoms with Gasteiger partial charge in [0.25, 0.3) is 0 Å². The van der Waals surface area contributed by atoms with Crippen LogP contribution in [0.5, 0.6) is 0 Å². The smallest absolute Gasteiger partial charge is 0.312 e. The number of alkyl halides is 1. The molecule has 16 nitrogen and oxygen atoms in total. The van der Waals surface area contributed by atoms with Crippen molar-refractivity contribution in [3.8, 4) is 0 Å². The topological polar surface area (TPSA) is 245 Å². The van der Waals surface area contributed by atoms with Crippen LogP contribution in [0, 0.1) is 6.92 Å². The van der Waals surface area contributed by atoms with E-state index in [4.69, 9.17) is 17.3 Å². The number of likely N-dealkylation sites (tertiary alicyclic amines) is 1. The first-order valence-corrected chi connectivity index (χ1v) is 18.8. The number of aliphatic carboxylic acids is 1. The Morgan fingerprint density at radius 2 is 1.65 bits per heavy atom. The van der Waals surface area contributed by atoms with E-state index in [1.807, 2.05) is 55.5 Å². The normalized spacial score (nSPS) is 15.6. The number of nitrogens with one attached hydrogen (secondary N) is 6. The van der Waals surface area contributed by atoms with Gasteiger partial charge in [0, 0.05) is 49.6 Å². The highest BCUT2D eigenvalue weighted by atomic mass is 35.5. The Kier molecular flexibility index (Phi) is 15.9. The van der Waals surface area contributed by atoms with Crippen LogP contribution < -0.4 is 32.3 Å². The van der Waals surface area contributed by atoms with Crippen molar-refractivity contribution >= 4 is 64.0 Å². The summed E-state index contributed by atoms with van der Waals surface area (Å²) in [4.78, 5) is 95.0. The number of aromatic amines is 1. The number of hydrogen-bond acceptors (Lipinski definition) is 7. The summed E-state index contributed by atoms with van der Waals surface area (Å²) in [5.41, 5.74) is 8.65. The largest absolute Gasteiger partial charge is 0.481 e. The number of carboxylic acids is 1. The number of amides is 7. The number of H-pyrrole nitrogens is 1. The highest BCUT2D eigenvalue weighted by Gasteiger charge is 2.38. The molecule has 9 N–H and O–H groups in total. The molecule has 3 aromatic rings. The molecular weight excluding hydrogens is 732 g/mol. The van der Waals surface area contributed by atoms with E-state index in [2.05, 4.69) is 31.6 Å². The minimum absolute atomic E-state index is 0.0240. The fourth-order valence-electron chi connectivity index (χ4n) is 6.50. The number of primary amides is 1. The number of aromatic nitrogens is 1. The van der Waals surface area contributed by atoms with Gasteiger partial charge in [-0.3, -0.25) is 28.8 Å². The average Bonchev–Trinajstić information content (AvgIpc) is 3.58. The third-order valence-electron chi connectivity index (χ3n) is 9.41. The number of carbonyl (C=O) groups excluding carboxylic acids is 6. The van der Waals surface area contributed by atoms with Gasteiger partial charge in [-0.1, -0.05) is 48.0 Å². The number of hydrogen-bond donors (Lipinski definition) is 8. The van der Waals surface area contributed by atoms with Crippen molar-refractivity contribution in [3.05, 3.63) is 71.4 Å². The van der Waals surface area contributed by atoms with Crippen LogP contribution in [0.4, 0.5) is 4.79 Å². The van der Waals surface area contributed by atoms with E-state index in [1.54, 1.807) is 6.20 Å². The number of carboxylic acid groups (broad SMARTS) is 1. The van der Waals surface area contributed by atoms with Crippen molar-refractivity contribution in [2.75, 3.05) is 19.0 Å². The molecule has 296 valence electrons. The number of rotatable bonds is 19. The summed E-state index contributed by atoms with van der Waals surface area (Å²) < 4.78 is 0. The maximum atomic E-state index is 14.2. The predicted octanol–water partition coefficient (Wildman–Crippen LogP) is 1.72. The number of fused-ring (bicyclic) bond motifs is 1. The summed E-state index contributed by atoms with van der Waals surface area (Å²) in [6.45, 7) is 2.47. The van der Waals surface area contributed by atoms with Gasteiger partial charge in [0.15, 0.2) is 0 Å². The molecule has 0 bridgehead atoms. The van der Waals surface area contributed by atoms with Crippen molar-refractivity contribution in [1.29, 1.82) is 0 Å². The molecule has 0 unspecified atom stereocenters. The van der Waals surface area contributed by atoms with E-state index in [0.717, 1.165) is 27.6 Å². The third kappa shape index (κ3) is 12.7. The van der Waals surface area contributed by atoms with Gasteiger partial charge >= 0.3 is 12.0 Å². The number of carbonyl (C=O) groups is 7. The highest BCUT2D eigenvalue weighted by molar-refractivity contribution is 6.27. The van der Waals surface area contributed by atoms with Gasteiger partial charge in [-0.25, -0.2) is 4.79 Å². The molecule has 1 aliphatic heterocycles. The Bertz CT molecular complexity index is 1830. The molecule has 0 radical (unpaired) electrons. The zero-order valence-electron chi connectivity index (χ0n) is 30.7. The SMILES string of the molecule is Cc1ccc(CNC(=O)[C@H](CCCNC(N)=O)NC(=O)[C@H](Cc2c[nH]c3ccccc23)NC(=O)[C@@H]2CCCCN2C(=O)[C@@H](CCC(=O)O)NC(=O)CCl)cc1. The molecule has 1 aliphatic rings. The Morgan fingerprint density at radius 1 is 0.909 bits per heavy atom. The van der Waals surface area contributed by atoms with Crippen LogP contribution in [0.3, 0.4) is 0 Å². The summed E-state index contributed by atoms with van der Waals surface area (Å²) in [6.07, 6.45) is 2.99. The molecule has 2 aromatic carbocycles.